The van der Waals surface area contributed by atoms with Gasteiger partial charge in [0.05, 0.1) is 13.7 Å². The number of aliphatic hydroxyl groups is 4. The minimum absolute atomic E-state index is 0.0103. The highest BCUT2D eigenvalue weighted by atomic mass is 16.7. The maximum atomic E-state index is 12.0. The van der Waals surface area contributed by atoms with E-state index in [1.54, 1.807) is 12.1 Å². The molecule has 0 unspecified atom stereocenters. The van der Waals surface area contributed by atoms with Crippen molar-refractivity contribution >= 4 is 16.9 Å². The number of aromatic hydroxyl groups is 1. The van der Waals surface area contributed by atoms with Crippen LogP contribution in [0.2, 0.25) is 0 Å². The van der Waals surface area contributed by atoms with Crippen molar-refractivity contribution in [3.05, 3.63) is 58.4 Å². The molecule has 37 heavy (non-hydrogen) atoms. The zero-order valence-corrected chi connectivity index (χ0v) is 19.6. The smallest absolute Gasteiger partial charge is 0.336 e. The number of aryl methyl sites for hydroxylation is 1. The first-order chi connectivity index (χ1) is 17.7. The second kappa shape index (κ2) is 11.2. The largest absolute Gasteiger partial charge is 0.508 e. The van der Waals surface area contributed by atoms with E-state index in [0.717, 1.165) is 0 Å². The molecule has 5 N–H and O–H groups in total. The van der Waals surface area contributed by atoms with E-state index >= 15 is 0 Å². The summed E-state index contributed by atoms with van der Waals surface area (Å²) >= 11 is 0. The highest BCUT2D eigenvalue weighted by Gasteiger charge is 2.45. The van der Waals surface area contributed by atoms with Crippen LogP contribution >= 0.6 is 0 Å². The van der Waals surface area contributed by atoms with Crippen LogP contribution < -0.4 is 15.1 Å². The summed E-state index contributed by atoms with van der Waals surface area (Å²) in [5, 5.41) is 50.8. The van der Waals surface area contributed by atoms with E-state index in [1.807, 2.05) is 0 Å². The molecule has 3 aromatic rings. The first kappa shape index (κ1) is 26.4. The molecule has 1 aromatic heterocycles. The minimum atomic E-state index is -1.69. The summed E-state index contributed by atoms with van der Waals surface area (Å²) in [4.78, 5) is 23.4. The molecule has 12 nitrogen and oxygen atoms in total. The number of carbonyl (C=O) groups is 1. The van der Waals surface area contributed by atoms with E-state index in [-0.39, 0.29) is 41.4 Å². The van der Waals surface area contributed by atoms with Gasteiger partial charge in [-0.25, -0.2) is 4.79 Å². The number of benzene rings is 2. The van der Waals surface area contributed by atoms with Crippen LogP contribution in [0.5, 0.6) is 23.0 Å². The number of methoxy groups -OCH3 is 1. The van der Waals surface area contributed by atoms with Crippen LogP contribution in [0.3, 0.4) is 0 Å². The molecule has 12 heteroatoms. The summed E-state index contributed by atoms with van der Waals surface area (Å²) in [7, 11) is 1.27. The summed E-state index contributed by atoms with van der Waals surface area (Å²) in [6, 6.07) is 10.1. The van der Waals surface area contributed by atoms with E-state index < -0.39 is 48.9 Å². The Hall–Kier alpha value is -3.68. The lowest BCUT2D eigenvalue weighted by Gasteiger charge is -2.39. The third kappa shape index (κ3) is 5.68. The molecule has 0 spiro atoms. The lowest BCUT2D eigenvalue weighted by atomic mass is 9.99. The molecule has 1 fully saturated rings. The normalized spacial score (nSPS) is 23.5. The molecule has 0 radical (unpaired) electrons. The lowest BCUT2D eigenvalue weighted by molar-refractivity contribution is -0.277. The van der Waals surface area contributed by atoms with Crippen molar-refractivity contribution in [3.8, 4) is 23.0 Å². The van der Waals surface area contributed by atoms with Gasteiger partial charge in [0.2, 0.25) is 12.0 Å². The topological polar surface area (TPSA) is 185 Å². The highest BCUT2D eigenvalue weighted by Crippen LogP contribution is 2.40. The number of phenols is 1. The van der Waals surface area contributed by atoms with Gasteiger partial charge >= 0.3 is 11.6 Å². The molecular formula is C25H26O12. The van der Waals surface area contributed by atoms with Crippen LogP contribution in [0.15, 0.2) is 51.7 Å². The van der Waals surface area contributed by atoms with Gasteiger partial charge in [0.1, 0.15) is 35.9 Å². The molecule has 1 saturated heterocycles. The number of hydrogen-bond acceptors (Lipinski definition) is 12. The Morgan fingerprint density at radius 1 is 1.03 bits per heavy atom. The summed E-state index contributed by atoms with van der Waals surface area (Å²) in [6.07, 6.45) is -7.38. The van der Waals surface area contributed by atoms with Gasteiger partial charge in [-0.2, -0.15) is 0 Å². The Morgan fingerprint density at radius 2 is 1.78 bits per heavy atom. The number of hydrogen-bond donors (Lipinski definition) is 5. The molecule has 0 bridgehead atoms. The van der Waals surface area contributed by atoms with Gasteiger partial charge in [0.25, 0.3) is 0 Å². The second-order valence-corrected chi connectivity index (χ2v) is 8.35. The third-order valence-corrected chi connectivity index (χ3v) is 5.90. The van der Waals surface area contributed by atoms with E-state index in [4.69, 9.17) is 18.6 Å². The lowest BCUT2D eigenvalue weighted by Crippen LogP contribution is -2.60. The molecule has 198 valence electrons. The van der Waals surface area contributed by atoms with Gasteiger partial charge in [-0.15, -0.1) is 0 Å². The summed E-state index contributed by atoms with van der Waals surface area (Å²) < 4.78 is 27.0. The number of fused-ring (bicyclic) bond motifs is 1. The molecule has 1 aliphatic heterocycles. The van der Waals surface area contributed by atoms with Crippen molar-refractivity contribution in [2.24, 2.45) is 0 Å². The Kier molecular flexibility index (Phi) is 7.95. The molecule has 0 saturated carbocycles. The van der Waals surface area contributed by atoms with Gasteiger partial charge in [0.15, 0.2) is 11.3 Å². The quantitative estimate of drug-likeness (QED) is 0.207. The third-order valence-electron chi connectivity index (χ3n) is 5.90. The van der Waals surface area contributed by atoms with Crippen molar-refractivity contribution in [2.75, 3.05) is 13.7 Å². The van der Waals surface area contributed by atoms with Crippen LogP contribution in [0, 0.1) is 0 Å². The Morgan fingerprint density at radius 3 is 2.49 bits per heavy atom. The van der Waals surface area contributed by atoms with Crippen molar-refractivity contribution in [1.29, 1.82) is 0 Å². The van der Waals surface area contributed by atoms with Gasteiger partial charge in [-0.3, -0.25) is 4.79 Å². The van der Waals surface area contributed by atoms with E-state index in [0.29, 0.717) is 10.9 Å². The van der Waals surface area contributed by atoms with Crippen molar-refractivity contribution in [2.45, 2.75) is 43.5 Å². The number of carbonyl (C=O) groups excluding carboxylic acids is 1. The first-order valence-corrected chi connectivity index (χ1v) is 11.3. The van der Waals surface area contributed by atoms with Gasteiger partial charge in [-0.05, 0) is 36.2 Å². The number of rotatable bonds is 8. The van der Waals surface area contributed by atoms with Crippen LogP contribution in [0.4, 0.5) is 0 Å². The van der Waals surface area contributed by atoms with Crippen LogP contribution in [-0.2, 0) is 20.7 Å². The van der Waals surface area contributed by atoms with Crippen LogP contribution in [0.25, 0.3) is 11.0 Å². The number of phenolic OH excluding ortho intramolecular Hbond substituents is 1. The second-order valence-electron chi connectivity index (χ2n) is 8.35. The monoisotopic (exact) mass is 518 g/mol. The average Bonchev–Trinajstić information content (AvgIpc) is 2.89. The summed E-state index contributed by atoms with van der Waals surface area (Å²) in [6.45, 7) is -0.650. The maximum Gasteiger partial charge on any atom is 0.336 e. The van der Waals surface area contributed by atoms with E-state index in [9.17, 15) is 35.1 Å². The fourth-order valence-corrected chi connectivity index (χ4v) is 3.84. The fourth-order valence-electron chi connectivity index (χ4n) is 3.84. The number of aliphatic hydroxyl groups excluding tert-OH is 4. The van der Waals surface area contributed by atoms with Crippen molar-refractivity contribution in [3.63, 3.8) is 0 Å². The van der Waals surface area contributed by atoms with E-state index in [1.165, 1.54) is 37.4 Å². The molecule has 1 aliphatic rings. The maximum absolute atomic E-state index is 12.0. The number of ether oxygens (including phenoxy) is 4. The number of esters is 1. The average molecular weight is 518 g/mol. The summed E-state index contributed by atoms with van der Waals surface area (Å²) in [5.41, 5.74) is -0.216. The molecular weight excluding hydrogens is 492 g/mol. The van der Waals surface area contributed by atoms with Crippen LogP contribution in [-0.4, -0.2) is 75.9 Å². The minimum Gasteiger partial charge on any atom is -0.508 e. The van der Waals surface area contributed by atoms with Crippen molar-refractivity contribution in [1.82, 2.24) is 0 Å². The Labute approximate surface area is 209 Å². The first-order valence-electron chi connectivity index (χ1n) is 11.3. The van der Waals surface area contributed by atoms with Gasteiger partial charge in [-0.1, -0.05) is 6.07 Å². The Balaban J connectivity index is 1.68. The van der Waals surface area contributed by atoms with Gasteiger partial charge < -0.3 is 48.9 Å². The summed E-state index contributed by atoms with van der Waals surface area (Å²) in [5.74, 6) is -0.633. The highest BCUT2D eigenvalue weighted by molar-refractivity contribution is 5.85. The van der Waals surface area contributed by atoms with E-state index in [2.05, 4.69) is 4.74 Å². The SMILES string of the molecule is COC(=O)CCc1ccc(Oc2c(O[C@@H]3O[C@H](CO)[C@@H](O)[C@H](O)[C@H]3O)ccc3ccc(=O)oc23)cc1O. The molecule has 5 atom stereocenters. The molecule has 2 aromatic carbocycles. The van der Waals surface area contributed by atoms with Crippen molar-refractivity contribution < 1.29 is 53.7 Å². The predicted octanol–water partition coefficient (Wildman–Crippen LogP) is 0.575. The fraction of sp³-hybridized carbons (Fsp3) is 0.360. The standard InChI is InChI=1S/C25H26O12/c1-33-18(28)8-4-12-2-6-14(10-15(12)27)34-24-16(7-3-13-5-9-19(29)37-23(13)24)35-25-22(32)21(31)20(30)17(11-26)36-25/h2-3,5-7,9-10,17,20-22,25-27,30-32H,4,8,11H2,1H3/t17-,20-,21+,22-,25-/m1/s1. The molecule has 4 rings (SSSR count). The molecule has 2 heterocycles. The van der Waals surface area contributed by atoms with Crippen LogP contribution in [0.1, 0.15) is 12.0 Å². The molecule has 0 aliphatic carbocycles. The zero-order valence-electron chi connectivity index (χ0n) is 19.6. The van der Waals surface area contributed by atoms with Gasteiger partial charge in [0, 0.05) is 23.9 Å². The predicted molar refractivity (Wildman–Crippen MR) is 125 cm³/mol. The zero-order chi connectivity index (χ0) is 26.7. The molecule has 0 amide bonds. The Bertz CT molecular complexity index is 1320.